The van der Waals surface area contributed by atoms with E-state index in [9.17, 15) is 5.11 Å². The van der Waals surface area contributed by atoms with Gasteiger partial charge >= 0.3 is 0 Å². The van der Waals surface area contributed by atoms with Gasteiger partial charge in [0, 0.05) is 19.8 Å². The fourth-order valence-electron chi connectivity index (χ4n) is 3.03. The number of hydrogen-bond donors (Lipinski definition) is 1. The van der Waals surface area contributed by atoms with Crippen LogP contribution in [0.5, 0.6) is 0 Å². The Morgan fingerprint density at radius 1 is 1.33 bits per heavy atom. The Labute approximate surface area is 93.0 Å². The minimum Gasteiger partial charge on any atom is -0.396 e. The van der Waals surface area contributed by atoms with Crippen LogP contribution < -0.4 is 0 Å². The molecule has 2 fully saturated rings. The van der Waals surface area contributed by atoms with Crippen molar-refractivity contribution in [3.63, 3.8) is 0 Å². The standard InChI is InChI=1S/C13H24O2/c1-10(2)8-15-4-3-13(9-14)6-11-5-12(11)7-13/h10-12,14H,3-9H2,1-2H3. The molecule has 0 amide bonds. The van der Waals surface area contributed by atoms with Gasteiger partial charge in [-0.05, 0) is 48.9 Å². The van der Waals surface area contributed by atoms with Crippen molar-refractivity contribution in [3.8, 4) is 0 Å². The van der Waals surface area contributed by atoms with Gasteiger partial charge in [-0.1, -0.05) is 13.8 Å². The SMILES string of the molecule is CC(C)COCCC1(CO)CC2CC2C1. The Balaban J connectivity index is 1.68. The van der Waals surface area contributed by atoms with E-state index in [4.69, 9.17) is 4.74 Å². The molecule has 88 valence electrons. The Bertz CT molecular complexity index is 203. The lowest BCUT2D eigenvalue weighted by atomic mass is 9.81. The number of aliphatic hydroxyl groups excluding tert-OH is 1. The van der Waals surface area contributed by atoms with E-state index < -0.39 is 0 Å². The molecule has 0 heterocycles. The van der Waals surface area contributed by atoms with E-state index in [0.717, 1.165) is 31.5 Å². The molecule has 0 radical (unpaired) electrons. The van der Waals surface area contributed by atoms with E-state index in [0.29, 0.717) is 12.5 Å². The first-order chi connectivity index (χ1) is 7.15. The molecule has 0 aromatic heterocycles. The number of ether oxygens (including phenoxy) is 1. The second-order valence-corrected chi connectivity index (χ2v) is 6.04. The minimum atomic E-state index is 0.227. The summed E-state index contributed by atoms with van der Waals surface area (Å²) in [6.45, 7) is 6.40. The fraction of sp³-hybridized carbons (Fsp3) is 1.00. The van der Waals surface area contributed by atoms with Crippen molar-refractivity contribution in [2.45, 2.75) is 39.5 Å². The van der Waals surface area contributed by atoms with Crippen LogP contribution in [-0.4, -0.2) is 24.9 Å². The molecule has 0 aromatic carbocycles. The first kappa shape index (κ1) is 11.4. The zero-order chi connectivity index (χ0) is 10.9. The summed E-state index contributed by atoms with van der Waals surface area (Å²) in [5.74, 6) is 2.51. The van der Waals surface area contributed by atoms with Crippen molar-refractivity contribution in [1.82, 2.24) is 0 Å². The average molecular weight is 212 g/mol. The molecule has 15 heavy (non-hydrogen) atoms. The minimum absolute atomic E-state index is 0.227. The lowest BCUT2D eigenvalue weighted by Crippen LogP contribution is -2.25. The van der Waals surface area contributed by atoms with Gasteiger partial charge in [-0.3, -0.25) is 0 Å². The van der Waals surface area contributed by atoms with Crippen LogP contribution in [0.25, 0.3) is 0 Å². The highest BCUT2D eigenvalue weighted by Crippen LogP contribution is 2.60. The van der Waals surface area contributed by atoms with Crippen molar-refractivity contribution in [1.29, 1.82) is 0 Å². The van der Waals surface area contributed by atoms with E-state index in [2.05, 4.69) is 13.8 Å². The van der Waals surface area contributed by atoms with Crippen molar-refractivity contribution in [3.05, 3.63) is 0 Å². The fourth-order valence-corrected chi connectivity index (χ4v) is 3.03. The van der Waals surface area contributed by atoms with Gasteiger partial charge in [-0.25, -0.2) is 0 Å². The maximum atomic E-state index is 9.51. The van der Waals surface area contributed by atoms with Crippen LogP contribution in [0, 0.1) is 23.2 Å². The predicted octanol–water partition coefficient (Wildman–Crippen LogP) is 2.46. The molecule has 0 bridgehead atoms. The van der Waals surface area contributed by atoms with Crippen LogP contribution in [0.2, 0.25) is 0 Å². The second-order valence-electron chi connectivity index (χ2n) is 6.04. The summed E-state index contributed by atoms with van der Waals surface area (Å²) < 4.78 is 5.62. The van der Waals surface area contributed by atoms with Crippen LogP contribution >= 0.6 is 0 Å². The van der Waals surface area contributed by atoms with E-state index in [-0.39, 0.29) is 5.41 Å². The molecule has 0 aliphatic heterocycles. The Kier molecular flexibility index (Phi) is 3.36. The highest BCUT2D eigenvalue weighted by Gasteiger charge is 2.53. The molecule has 2 heteroatoms. The molecule has 1 N–H and O–H groups in total. The summed E-state index contributed by atoms with van der Waals surface area (Å²) in [5, 5.41) is 9.51. The number of rotatable bonds is 6. The molecule has 2 rings (SSSR count). The van der Waals surface area contributed by atoms with Crippen LogP contribution in [-0.2, 0) is 4.74 Å². The maximum absolute atomic E-state index is 9.51. The third-order valence-corrected chi connectivity index (χ3v) is 4.02. The van der Waals surface area contributed by atoms with Crippen LogP contribution in [0.4, 0.5) is 0 Å². The normalized spacial score (nSPS) is 38.4. The topological polar surface area (TPSA) is 29.5 Å². The Hall–Kier alpha value is -0.0800. The van der Waals surface area contributed by atoms with Crippen molar-refractivity contribution < 1.29 is 9.84 Å². The Morgan fingerprint density at radius 3 is 2.53 bits per heavy atom. The monoisotopic (exact) mass is 212 g/mol. The quantitative estimate of drug-likeness (QED) is 0.685. The van der Waals surface area contributed by atoms with Crippen LogP contribution in [0.15, 0.2) is 0 Å². The lowest BCUT2D eigenvalue weighted by molar-refractivity contribution is 0.0439. The van der Waals surface area contributed by atoms with Crippen LogP contribution in [0.1, 0.15) is 39.5 Å². The van der Waals surface area contributed by atoms with E-state index in [1.807, 2.05) is 0 Å². The predicted molar refractivity (Wildman–Crippen MR) is 60.6 cm³/mol. The summed E-state index contributed by atoms with van der Waals surface area (Å²) >= 11 is 0. The van der Waals surface area contributed by atoms with Crippen molar-refractivity contribution in [2.24, 2.45) is 23.2 Å². The second kappa shape index (κ2) is 4.42. The van der Waals surface area contributed by atoms with E-state index >= 15 is 0 Å². The molecule has 0 spiro atoms. The van der Waals surface area contributed by atoms with E-state index in [1.54, 1.807) is 0 Å². The molecule has 2 unspecified atom stereocenters. The van der Waals surface area contributed by atoms with Gasteiger partial charge in [0.15, 0.2) is 0 Å². The van der Waals surface area contributed by atoms with Gasteiger partial charge in [-0.2, -0.15) is 0 Å². The zero-order valence-electron chi connectivity index (χ0n) is 10.0. The molecule has 2 aliphatic carbocycles. The zero-order valence-corrected chi connectivity index (χ0v) is 10.0. The third kappa shape index (κ3) is 2.73. The molecular weight excluding hydrogens is 188 g/mol. The molecule has 2 atom stereocenters. The highest BCUT2D eigenvalue weighted by atomic mass is 16.5. The molecule has 0 aromatic rings. The third-order valence-electron chi connectivity index (χ3n) is 4.02. The highest BCUT2D eigenvalue weighted by molar-refractivity contribution is 5.02. The van der Waals surface area contributed by atoms with Gasteiger partial charge in [0.2, 0.25) is 0 Å². The number of aliphatic hydroxyl groups is 1. The first-order valence-corrected chi connectivity index (χ1v) is 6.34. The summed E-state index contributed by atoms with van der Waals surface area (Å²) in [6, 6.07) is 0. The number of fused-ring (bicyclic) bond motifs is 1. The van der Waals surface area contributed by atoms with Gasteiger partial charge in [0.1, 0.15) is 0 Å². The smallest absolute Gasteiger partial charge is 0.0488 e. The lowest BCUT2D eigenvalue weighted by Gasteiger charge is -2.28. The van der Waals surface area contributed by atoms with Crippen LogP contribution in [0.3, 0.4) is 0 Å². The van der Waals surface area contributed by atoms with Gasteiger partial charge in [-0.15, -0.1) is 0 Å². The largest absolute Gasteiger partial charge is 0.396 e. The maximum Gasteiger partial charge on any atom is 0.0488 e. The summed E-state index contributed by atoms with van der Waals surface area (Å²) in [4.78, 5) is 0. The molecular formula is C13H24O2. The number of hydrogen-bond acceptors (Lipinski definition) is 2. The summed E-state index contributed by atoms with van der Waals surface area (Å²) in [7, 11) is 0. The van der Waals surface area contributed by atoms with Crippen molar-refractivity contribution >= 4 is 0 Å². The van der Waals surface area contributed by atoms with Crippen molar-refractivity contribution in [2.75, 3.05) is 19.8 Å². The molecule has 0 saturated heterocycles. The van der Waals surface area contributed by atoms with Gasteiger partial charge in [0.05, 0.1) is 0 Å². The van der Waals surface area contributed by atoms with Gasteiger partial charge < -0.3 is 9.84 Å². The first-order valence-electron chi connectivity index (χ1n) is 6.34. The van der Waals surface area contributed by atoms with Gasteiger partial charge in [0.25, 0.3) is 0 Å². The summed E-state index contributed by atoms with van der Waals surface area (Å²) in [5.41, 5.74) is 0.227. The average Bonchev–Trinajstić information content (AvgIpc) is 2.82. The summed E-state index contributed by atoms with van der Waals surface area (Å²) in [6.07, 6.45) is 4.98. The van der Waals surface area contributed by atoms with E-state index in [1.165, 1.54) is 19.3 Å². The molecule has 2 saturated carbocycles. The molecule has 2 aliphatic rings. The Morgan fingerprint density at radius 2 is 2.00 bits per heavy atom. The molecule has 2 nitrogen and oxygen atoms in total.